The number of thiazole rings is 1. The monoisotopic (exact) mass is 264 g/mol. The van der Waals surface area contributed by atoms with Gasteiger partial charge >= 0.3 is 0 Å². The van der Waals surface area contributed by atoms with Crippen LogP contribution in [0.2, 0.25) is 0 Å². The van der Waals surface area contributed by atoms with Gasteiger partial charge in [0.05, 0.1) is 16.3 Å². The van der Waals surface area contributed by atoms with Crippen molar-refractivity contribution in [2.75, 3.05) is 11.5 Å². The van der Waals surface area contributed by atoms with Crippen LogP contribution >= 0.6 is 23.1 Å². The summed E-state index contributed by atoms with van der Waals surface area (Å²) in [6.45, 7) is 2.25. The fourth-order valence-corrected chi connectivity index (χ4v) is 4.50. The van der Waals surface area contributed by atoms with Crippen molar-refractivity contribution in [1.29, 1.82) is 0 Å². The summed E-state index contributed by atoms with van der Waals surface area (Å²) in [6.07, 6.45) is 1.20. The van der Waals surface area contributed by atoms with Gasteiger partial charge < -0.3 is 5.32 Å². The Kier molecular flexibility index (Phi) is 3.36. The lowest BCUT2D eigenvalue weighted by molar-refractivity contribution is 0.465. The van der Waals surface area contributed by atoms with Crippen molar-refractivity contribution in [3.63, 3.8) is 0 Å². The Morgan fingerprint density at radius 1 is 1.35 bits per heavy atom. The highest BCUT2D eigenvalue weighted by Gasteiger charge is 2.23. The predicted octanol–water partition coefficient (Wildman–Crippen LogP) is 3.45. The second-order valence-corrected chi connectivity index (χ2v) is 6.52. The number of para-hydroxylation sites is 1. The van der Waals surface area contributed by atoms with E-state index in [2.05, 4.69) is 36.5 Å². The van der Waals surface area contributed by atoms with E-state index < -0.39 is 0 Å². The molecule has 1 saturated heterocycles. The quantitative estimate of drug-likeness (QED) is 0.899. The molecule has 90 valence electrons. The van der Waals surface area contributed by atoms with Crippen LogP contribution in [0.4, 0.5) is 0 Å². The molecule has 2 nitrogen and oxygen atoms in total. The second-order valence-electron chi connectivity index (χ2n) is 4.38. The van der Waals surface area contributed by atoms with E-state index in [1.165, 1.54) is 21.9 Å². The van der Waals surface area contributed by atoms with Gasteiger partial charge in [0.15, 0.2) is 0 Å². The molecular formula is C13H16N2S2. The normalized spacial score (nSPS) is 25.2. The third-order valence-electron chi connectivity index (χ3n) is 3.14. The van der Waals surface area contributed by atoms with Gasteiger partial charge in [0.25, 0.3) is 0 Å². The largest absolute Gasteiger partial charge is 0.304 e. The molecule has 2 unspecified atom stereocenters. The molecule has 1 fully saturated rings. The topological polar surface area (TPSA) is 24.9 Å². The van der Waals surface area contributed by atoms with Crippen LogP contribution < -0.4 is 5.32 Å². The molecule has 1 N–H and O–H groups in total. The van der Waals surface area contributed by atoms with E-state index in [0.29, 0.717) is 12.1 Å². The van der Waals surface area contributed by atoms with Gasteiger partial charge in [0.1, 0.15) is 5.01 Å². The molecule has 1 aromatic carbocycles. The van der Waals surface area contributed by atoms with Crippen molar-refractivity contribution in [3.05, 3.63) is 29.3 Å². The van der Waals surface area contributed by atoms with Gasteiger partial charge in [-0.05, 0) is 18.6 Å². The van der Waals surface area contributed by atoms with Gasteiger partial charge in [-0.2, -0.15) is 11.8 Å². The molecule has 17 heavy (non-hydrogen) atoms. The molecular weight excluding hydrogens is 248 g/mol. The number of nitrogens with one attached hydrogen (secondary N) is 1. The fourth-order valence-electron chi connectivity index (χ4n) is 2.13. The Hall–Kier alpha value is -0.580. The first-order valence-electron chi connectivity index (χ1n) is 6.06. The molecule has 0 saturated carbocycles. The van der Waals surface area contributed by atoms with E-state index in [9.17, 15) is 0 Å². The minimum atomic E-state index is 0.441. The maximum absolute atomic E-state index is 4.75. The van der Waals surface area contributed by atoms with Crippen LogP contribution in [-0.2, 0) is 0 Å². The first kappa shape index (κ1) is 11.5. The van der Waals surface area contributed by atoms with E-state index in [1.54, 1.807) is 0 Å². The van der Waals surface area contributed by atoms with Gasteiger partial charge in [0.2, 0.25) is 0 Å². The minimum absolute atomic E-state index is 0.441. The summed E-state index contributed by atoms with van der Waals surface area (Å²) in [5.41, 5.74) is 1.14. The maximum atomic E-state index is 4.75. The average molecular weight is 264 g/mol. The van der Waals surface area contributed by atoms with Crippen molar-refractivity contribution >= 4 is 33.3 Å². The third-order valence-corrected chi connectivity index (χ3v) is 5.50. The van der Waals surface area contributed by atoms with Gasteiger partial charge in [-0.3, -0.25) is 0 Å². The van der Waals surface area contributed by atoms with Gasteiger partial charge in [0, 0.05) is 17.5 Å². The Morgan fingerprint density at radius 2 is 2.24 bits per heavy atom. The van der Waals surface area contributed by atoms with Crippen molar-refractivity contribution in [1.82, 2.24) is 10.3 Å². The number of benzene rings is 1. The molecule has 2 heterocycles. The highest BCUT2D eigenvalue weighted by atomic mass is 32.2. The lowest BCUT2D eigenvalue weighted by Gasteiger charge is -2.28. The van der Waals surface area contributed by atoms with Gasteiger partial charge in [-0.15, -0.1) is 11.3 Å². The number of fused-ring (bicyclic) bond motifs is 1. The molecule has 0 bridgehead atoms. The second kappa shape index (κ2) is 4.96. The number of rotatable bonds is 2. The van der Waals surface area contributed by atoms with E-state index in [-0.39, 0.29) is 0 Å². The lowest BCUT2D eigenvalue weighted by Crippen LogP contribution is -2.39. The zero-order valence-electron chi connectivity index (χ0n) is 9.85. The molecule has 2 aromatic rings. The summed E-state index contributed by atoms with van der Waals surface area (Å²) in [4.78, 5) is 4.75. The molecule has 1 aliphatic rings. The molecule has 2 atom stereocenters. The van der Waals surface area contributed by atoms with Gasteiger partial charge in [-0.1, -0.05) is 19.1 Å². The standard InChI is InChI=1S/C13H16N2S2/c1-2-9-7-16-8-11(14-9)13-15-10-5-3-4-6-12(10)17-13/h3-6,9,11,14H,2,7-8H2,1H3. The summed E-state index contributed by atoms with van der Waals surface area (Å²) in [5, 5.41) is 4.95. The van der Waals surface area contributed by atoms with Crippen LogP contribution in [0.3, 0.4) is 0 Å². The zero-order chi connectivity index (χ0) is 11.7. The summed E-state index contributed by atoms with van der Waals surface area (Å²) >= 11 is 3.87. The first-order chi connectivity index (χ1) is 8.36. The lowest BCUT2D eigenvalue weighted by atomic mass is 10.2. The van der Waals surface area contributed by atoms with E-state index in [1.807, 2.05) is 23.1 Å². The molecule has 0 spiro atoms. The molecule has 3 rings (SSSR count). The summed E-state index contributed by atoms with van der Waals surface area (Å²) in [6, 6.07) is 9.49. The van der Waals surface area contributed by atoms with Gasteiger partial charge in [-0.25, -0.2) is 4.98 Å². The molecule has 0 radical (unpaired) electrons. The number of thioether (sulfide) groups is 1. The Morgan fingerprint density at radius 3 is 3.06 bits per heavy atom. The maximum Gasteiger partial charge on any atom is 0.112 e. The van der Waals surface area contributed by atoms with Crippen LogP contribution in [-0.4, -0.2) is 22.5 Å². The Balaban J connectivity index is 1.87. The highest BCUT2D eigenvalue weighted by molar-refractivity contribution is 7.99. The first-order valence-corrected chi connectivity index (χ1v) is 8.03. The van der Waals surface area contributed by atoms with E-state index >= 15 is 0 Å². The SMILES string of the molecule is CCC1CSCC(c2nc3ccccc3s2)N1. The number of hydrogen-bond acceptors (Lipinski definition) is 4. The average Bonchev–Trinajstić information content (AvgIpc) is 2.82. The zero-order valence-corrected chi connectivity index (χ0v) is 11.5. The molecule has 1 aromatic heterocycles. The number of nitrogens with zero attached hydrogens (tertiary/aromatic N) is 1. The third kappa shape index (κ3) is 2.34. The summed E-state index contributed by atoms with van der Waals surface area (Å²) in [5.74, 6) is 2.38. The summed E-state index contributed by atoms with van der Waals surface area (Å²) < 4.78 is 1.30. The molecule has 4 heteroatoms. The van der Waals surface area contributed by atoms with Crippen molar-refractivity contribution < 1.29 is 0 Å². The van der Waals surface area contributed by atoms with E-state index in [0.717, 1.165) is 11.3 Å². The van der Waals surface area contributed by atoms with Crippen molar-refractivity contribution in [2.45, 2.75) is 25.4 Å². The van der Waals surface area contributed by atoms with Crippen LogP contribution in [0, 0.1) is 0 Å². The molecule has 1 aliphatic heterocycles. The Labute approximate surface area is 110 Å². The van der Waals surface area contributed by atoms with Crippen LogP contribution in [0.15, 0.2) is 24.3 Å². The van der Waals surface area contributed by atoms with Crippen LogP contribution in [0.25, 0.3) is 10.2 Å². The molecule has 0 amide bonds. The molecule has 0 aliphatic carbocycles. The van der Waals surface area contributed by atoms with Crippen molar-refractivity contribution in [2.24, 2.45) is 0 Å². The van der Waals surface area contributed by atoms with Crippen molar-refractivity contribution in [3.8, 4) is 0 Å². The highest BCUT2D eigenvalue weighted by Crippen LogP contribution is 2.31. The smallest absolute Gasteiger partial charge is 0.112 e. The van der Waals surface area contributed by atoms with E-state index in [4.69, 9.17) is 4.98 Å². The van der Waals surface area contributed by atoms with Crippen LogP contribution in [0.1, 0.15) is 24.4 Å². The minimum Gasteiger partial charge on any atom is -0.304 e. The summed E-state index contributed by atoms with van der Waals surface area (Å²) in [7, 11) is 0. The fraction of sp³-hybridized carbons (Fsp3) is 0.462. The predicted molar refractivity (Wildman–Crippen MR) is 76.9 cm³/mol. The Bertz CT molecular complexity index is 476. The number of hydrogen-bond donors (Lipinski definition) is 1. The van der Waals surface area contributed by atoms with Crippen LogP contribution in [0.5, 0.6) is 0 Å². The number of aromatic nitrogens is 1.